The lowest BCUT2D eigenvalue weighted by Crippen LogP contribution is -2.30. The van der Waals surface area contributed by atoms with E-state index in [1.807, 2.05) is 0 Å². The molecule has 0 fully saturated rings. The molecule has 1 unspecified atom stereocenters. The molecular weight excluding hydrogens is 997 g/mol. The van der Waals surface area contributed by atoms with Crippen LogP contribution in [0.2, 0.25) is 0 Å². The van der Waals surface area contributed by atoms with Crippen molar-refractivity contribution in [2.45, 2.75) is 335 Å². The van der Waals surface area contributed by atoms with Gasteiger partial charge in [-0.25, -0.2) is 0 Å². The molecule has 464 valence electrons. The summed E-state index contributed by atoms with van der Waals surface area (Å²) in [7, 11) is 0. The van der Waals surface area contributed by atoms with Crippen LogP contribution < -0.4 is 0 Å². The smallest absolute Gasteiger partial charge is 0.306 e. The van der Waals surface area contributed by atoms with Crippen molar-refractivity contribution in [3.05, 3.63) is 109 Å². The maximum Gasteiger partial charge on any atom is 0.306 e. The zero-order valence-electron chi connectivity index (χ0n) is 53.3. The molecule has 6 heteroatoms. The Kier molecular flexibility index (Phi) is 65.2. The van der Waals surface area contributed by atoms with Crippen LogP contribution in [0.3, 0.4) is 0 Å². The first-order valence-electron chi connectivity index (χ1n) is 34.4. The Balaban J connectivity index is 4.10. The van der Waals surface area contributed by atoms with Gasteiger partial charge in [0.05, 0.1) is 0 Å². The van der Waals surface area contributed by atoms with E-state index >= 15 is 0 Å². The summed E-state index contributed by atoms with van der Waals surface area (Å²) in [6.45, 7) is 6.50. The molecule has 6 nitrogen and oxygen atoms in total. The third-order valence-electron chi connectivity index (χ3n) is 14.8. The Bertz CT molecular complexity index is 1620. The molecule has 0 bridgehead atoms. The van der Waals surface area contributed by atoms with Crippen LogP contribution in [0, 0.1) is 0 Å². The first-order valence-corrected chi connectivity index (χ1v) is 34.4. The third kappa shape index (κ3) is 66.8. The summed E-state index contributed by atoms with van der Waals surface area (Å²) in [5.74, 6) is -0.879. The second kappa shape index (κ2) is 68.6. The highest BCUT2D eigenvalue weighted by molar-refractivity contribution is 5.71. The molecule has 1 atom stereocenters. The van der Waals surface area contributed by atoms with Crippen LogP contribution >= 0.6 is 0 Å². The van der Waals surface area contributed by atoms with Crippen molar-refractivity contribution in [2.75, 3.05) is 13.2 Å². The lowest BCUT2D eigenvalue weighted by molar-refractivity contribution is -0.167. The third-order valence-corrected chi connectivity index (χ3v) is 14.8. The minimum Gasteiger partial charge on any atom is -0.462 e. The Morgan fingerprint density at radius 2 is 0.481 bits per heavy atom. The van der Waals surface area contributed by atoms with Gasteiger partial charge in [-0.1, -0.05) is 310 Å². The van der Waals surface area contributed by atoms with Crippen molar-refractivity contribution in [1.29, 1.82) is 0 Å². The molecule has 0 N–H and O–H groups in total. The van der Waals surface area contributed by atoms with Crippen molar-refractivity contribution < 1.29 is 28.6 Å². The SMILES string of the molecule is CC/C=C\C/C=C\C/C=C\C/C=C\C/C=C\C/C=C\C/C=C\CCCCCCCCCCCCCC(=O)OCC(COC(=O)CCCCCCCCC)OC(=O)CCCCCCCCCCCCC/C=C\C/C=C\CCCCCCC. The topological polar surface area (TPSA) is 78.9 Å². The zero-order valence-corrected chi connectivity index (χ0v) is 53.3. The predicted octanol–water partition coefficient (Wildman–Crippen LogP) is 23.8. The summed E-state index contributed by atoms with van der Waals surface area (Å²) in [5, 5.41) is 0. The molecular formula is C75H128O6. The summed E-state index contributed by atoms with van der Waals surface area (Å²) in [6, 6.07) is 0. The van der Waals surface area contributed by atoms with Crippen LogP contribution in [-0.2, 0) is 28.6 Å². The molecule has 0 aliphatic heterocycles. The Labute approximate surface area is 501 Å². The average Bonchev–Trinajstić information content (AvgIpc) is 3.47. The maximum absolute atomic E-state index is 12.9. The summed E-state index contributed by atoms with van der Waals surface area (Å²) in [6.07, 6.45) is 94.2. The van der Waals surface area contributed by atoms with Crippen molar-refractivity contribution in [3.8, 4) is 0 Å². The van der Waals surface area contributed by atoms with E-state index in [0.717, 1.165) is 109 Å². The van der Waals surface area contributed by atoms with Crippen molar-refractivity contribution in [3.63, 3.8) is 0 Å². The molecule has 0 saturated carbocycles. The molecule has 0 heterocycles. The fourth-order valence-electron chi connectivity index (χ4n) is 9.63. The Morgan fingerprint density at radius 3 is 0.753 bits per heavy atom. The fraction of sp³-hybridized carbons (Fsp3) is 0.720. The number of hydrogen-bond donors (Lipinski definition) is 0. The van der Waals surface area contributed by atoms with E-state index in [-0.39, 0.29) is 31.1 Å². The van der Waals surface area contributed by atoms with Gasteiger partial charge >= 0.3 is 17.9 Å². The second-order valence-electron chi connectivity index (χ2n) is 22.7. The van der Waals surface area contributed by atoms with Gasteiger partial charge in [0.15, 0.2) is 6.10 Å². The van der Waals surface area contributed by atoms with E-state index in [9.17, 15) is 14.4 Å². The monoisotopic (exact) mass is 1120 g/mol. The molecule has 0 aliphatic carbocycles. The van der Waals surface area contributed by atoms with Crippen LogP contribution in [0.4, 0.5) is 0 Å². The molecule has 81 heavy (non-hydrogen) atoms. The van der Waals surface area contributed by atoms with E-state index in [1.165, 1.54) is 180 Å². The second-order valence-corrected chi connectivity index (χ2v) is 22.7. The highest BCUT2D eigenvalue weighted by Gasteiger charge is 2.19. The van der Waals surface area contributed by atoms with Gasteiger partial charge in [-0.2, -0.15) is 0 Å². The van der Waals surface area contributed by atoms with E-state index in [2.05, 4.69) is 130 Å². The van der Waals surface area contributed by atoms with Gasteiger partial charge in [0.25, 0.3) is 0 Å². The fourth-order valence-corrected chi connectivity index (χ4v) is 9.63. The highest BCUT2D eigenvalue weighted by atomic mass is 16.6. The van der Waals surface area contributed by atoms with Crippen molar-refractivity contribution in [2.24, 2.45) is 0 Å². The number of unbranched alkanes of at least 4 members (excludes halogenated alkanes) is 33. The highest BCUT2D eigenvalue weighted by Crippen LogP contribution is 2.17. The molecule has 0 saturated heterocycles. The van der Waals surface area contributed by atoms with Gasteiger partial charge in [-0.3, -0.25) is 14.4 Å². The number of carbonyl (C=O) groups is 3. The number of rotatable bonds is 62. The number of hydrogen-bond acceptors (Lipinski definition) is 6. The lowest BCUT2D eigenvalue weighted by Gasteiger charge is -2.18. The number of esters is 3. The Hall–Kier alpha value is -3.93. The van der Waals surface area contributed by atoms with Gasteiger partial charge in [0, 0.05) is 19.3 Å². The lowest BCUT2D eigenvalue weighted by atomic mass is 10.0. The van der Waals surface area contributed by atoms with E-state index in [0.29, 0.717) is 19.3 Å². The van der Waals surface area contributed by atoms with Crippen LogP contribution in [0.5, 0.6) is 0 Å². The van der Waals surface area contributed by atoms with Gasteiger partial charge in [-0.05, 0) is 109 Å². The molecule has 0 aliphatic rings. The molecule has 0 aromatic carbocycles. The molecule has 0 radical (unpaired) electrons. The molecule has 0 aromatic rings. The number of allylic oxidation sites excluding steroid dienone is 18. The zero-order chi connectivity index (χ0) is 58.5. The Morgan fingerprint density at radius 1 is 0.259 bits per heavy atom. The standard InChI is InChI=1S/C75H128O6/c1-4-7-10-13-16-18-20-22-24-26-28-30-32-33-34-35-36-37-38-39-40-41-43-44-46-48-50-52-54-56-59-62-65-68-74(77)80-71-72(70-79-73(76)67-64-61-58-15-12-9-6-3)81-75(78)69-66-63-60-57-55-53-51-49-47-45-42-31-29-27-25-23-21-19-17-14-11-8-5-2/h7,10,16,18,21-24,27-30,33-34,36-37,39-40,72H,4-6,8-9,11-15,17,19-20,25-26,31-32,35,38,41-71H2,1-3H3/b10-7-,18-16-,23-21-,24-22-,29-27-,30-28-,34-33-,37-36-,40-39-. The summed E-state index contributed by atoms with van der Waals surface area (Å²) in [4.78, 5) is 38.2. The summed E-state index contributed by atoms with van der Waals surface area (Å²) < 4.78 is 16.9. The van der Waals surface area contributed by atoms with Gasteiger partial charge in [0.1, 0.15) is 13.2 Å². The number of ether oxygens (including phenoxy) is 3. The number of carbonyl (C=O) groups excluding carboxylic acids is 3. The van der Waals surface area contributed by atoms with Crippen molar-refractivity contribution in [1.82, 2.24) is 0 Å². The van der Waals surface area contributed by atoms with Crippen LogP contribution in [0.25, 0.3) is 0 Å². The minimum atomic E-state index is -0.778. The minimum absolute atomic E-state index is 0.0771. The van der Waals surface area contributed by atoms with Gasteiger partial charge < -0.3 is 14.2 Å². The van der Waals surface area contributed by atoms with E-state index in [4.69, 9.17) is 14.2 Å². The summed E-state index contributed by atoms with van der Waals surface area (Å²) >= 11 is 0. The molecule has 0 amide bonds. The van der Waals surface area contributed by atoms with Crippen LogP contribution in [0.1, 0.15) is 329 Å². The van der Waals surface area contributed by atoms with E-state index < -0.39 is 6.10 Å². The van der Waals surface area contributed by atoms with Crippen molar-refractivity contribution >= 4 is 17.9 Å². The summed E-state index contributed by atoms with van der Waals surface area (Å²) in [5.41, 5.74) is 0. The van der Waals surface area contributed by atoms with Crippen LogP contribution in [0.15, 0.2) is 109 Å². The first kappa shape index (κ1) is 77.1. The molecule has 0 rings (SSSR count). The normalized spacial score (nSPS) is 12.8. The molecule has 0 spiro atoms. The first-order chi connectivity index (χ1) is 40.0. The quantitative estimate of drug-likeness (QED) is 0.0261. The predicted molar refractivity (Wildman–Crippen MR) is 353 cm³/mol. The molecule has 0 aromatic heterocycles. The van der Waals surface area contributed by atoms with Gasteiger partial charge in [-0.15, -0.1) is 0 Å². The van der Waals surface area contributed by atoms with E-state index in [1.54, 1.807) is 0 Å². The van der Waals surface area contributed by atoms with Gasteiger partial charge in [0.2, 0.25) is 0 Å². The maximum atomic E-state index is 12.9. The largest absolute Gasteiger partial charge is 0.462 e. The average molecular weight is 1130 g/mol. The van der Waals surface area contributed by atoms with Crippen LogP contribution in [-0.4, -0.2) is 37.2 Å².